The zero-order chi connectivity index (χ0) is 16.9. The van der Waals surface area contributed by atoms with Crippen LogP contribution < -0.4 is 0 Å². The first kappa shape index (κ1) is 16.0. The second kappa shape index (κ2) is 7.11. The summed E-state index contributed by atoms with van der Waals surface area (Å²) in [5, 5.41) is 8.88. The van der Waals surface area contributed by atoms with Crippen molar-refractivity contribution >= 4 is 11.7 Å². The number of morpholine rings is 1. The molecule has 0 bridgehead atoms. The number of benzene rings is 1. The summed E-state index contributed by atoms with van der Waals surface area (Å²) in [5.74, 6) is -0.237. The zero-order valence-electron chi connectivity index (χ0n) is 13.1. The number of ketones is 1. The fourth-order valence-corrected chi connectivity index (χ4v) is 2.78. The maximum Gasteiger partial charge on any atom is 0.270 e. The van der Waals surface area contributed by atoms with Gasteiger partial charge in [-0.15, -0.1) is 0 Å². The molecule has 0 aliphatic carbocycles. The van der Waals surface area contributed by atoms with Crippen LogP contribution in [0, 0.1) is 11.3 Å². The topological polar surface area (TPSA) is 86.2 Å². The number of carbonyl (C=O) groups excluding carboxylic acids is 2. The summed E-state index contributed by atoms with van der Waals surface area (Å²) in [4.78, 5) is 29.6. The molecule has 1 N–H and O–H groups in total. The number of nitriles is 1. The minimum atomic E-state index is -0.312. The molecule has 0 radical (unpaired) electrons. The number of hydrogen-bond acceptors (Lipinski definition) is 4. The van der Waals surface area contributed by atoms with Crippen molar-refractivity contribution in [1.82, 2.24) is 9.88 Å². The van der Waals surface area contributed by atoms with Gasteiger partial charge in [0.25, 0.3) is 5.91 Å². The Bertz CT molecular complexity index is 776. The van der Waals surface area contributed by atoms with Gasteiger partial charge in [0.2, 0.25) is 0 Å². The highest BCUT2D eigenvalue weighted by Crippen LogP contribution is 2.17. The maximum atomic E-state index is 12.7. The molecule has 2 heterocycles. The molecular formula is C18H17N3O3. The van der Waals surface area contributed by atoms with Crippen LogP contribution >= 0.6 is 0 Å². The van der Waals surface area contributed by atoms with Crippen molar-refractivity contribution in [3.8, 4) is 6.07 Å². The van der Waals surface area contributed by atoms with Gasteiger partial charge in [-0.1, -0.05) is 30.3 Å². The standard InChI is InChI=1S/C18H17N3O3/c19-10-13-8-16(20-11-13)18(23)21-6-7-24-12-15(21)9-17(22)14-4-2-1-3-5-14/h1-5,8,11,15,20H,6-7,9,12H2. The van der Waals surface area contributed by atoms with Gasteiger partial charge in [-0.2, -0.15) is 5.26 Å². The number of H-pyrrole nitrogens is 1. The molecule has 1 saturated heterocycles. The van der Waals surface area contributed by atoms with E-state index in [4.69, 9.17) is 10.00 Å². The van der Waals surface area contributed by atoms with Gasteiger partial charge in [-0.05, 0) is 6.07 Å². The summed E-state index contributed by atoms with van der Waals surface area (Å²) >= 11 is 0. The Morgan fingerprint density at radius 2 is 2.12 bits per heavy atom. The van der Waals surface area contributed by atoms with Crippen LogP contribution in [0.2, 0.25) is 0 Å². The van der Waals surface area contributed by atoms with E-state index in [1.807, 2.05) is 24.3 Å². The first-order valence-electron chi connectivity index (χ1n) is 7.74. The Balaban J connectivity index is 1.74. The largest absolute Gasteiger partial charge is 0.377 e. The normalized spacial score (nSPS) is 17.3. The fraction of sp³-hybridized carbons (Fsp3) is 0.278. The number of aromatic amines is 1. The van der Waals surface area contributed by atoms with Crippen LogP contribution in [-0.4, -0.2) is 47.4 Å². The van der Waals surface area contributed by atoms with Crippen molar-refractivity contribution in [3.63, 3.8) is 0 Å². The lowest BCUT2D eigenvalue weighted by atomic mass is 10.0. The highest BCUT2D eigenvalue weighted by Gasteiger charge is 2.30. The lowest BCUT2D eigenvalue weighted by molar-refractivity contribution is -0.00307. The van der Waals surface area contributed by atoms with Crippen molar-refractivity contribution in [3.05, 3.63) is 59.4 Å². The van der Waals surface area contributed by atoms with Gasteiger partial charge in [0.15, 0.2) is 5.78 Å². The lowest BCUT2D eigenvalue weighted by Gasteiger charge is -2.35. The lowest BCUT2D eigenvalue weighted by Crippen LogP contribution is -2.49. The van der Waals surface area contributed by atoms with E-state index in [-0.39, 0.29) is 24.2 Å². The minimum absolute atomic E-state index is 0.0203. The van der Waals surface area contributed by atoms with Gasteiger partial charge in [-0.25, -0.2) is 0 Å². The van der Waals surface area contributed by atoms with Crippen LogP contribution in [0.15, 0.2) is 42.6 Å². The molecular weight excluding hydrogens is 306 g/mol. The third-order valence-electron chi connectivity index (χ3n) is 4.05. The van der Waals surface area contributed by atoms with Crippen LogP contribution in [0.3, 0.4) is 0 Å². The molecule has 1 atom stereocenters. The monoisotopic (exact) mass is 323 g/mol. The van der Waals surface area contributed by atoms with Crippen molar-refractivity contribution < 1.29 is 14.3 Å². The van der Waals surface area contributed by atoms with Crippen molar-refractivity contribution in [2.75, 3.05) is 19.8 Å². The van der Waals surface area contributed by atoms with Crippen LogP contribution in [0.5, 0.6) is 0 Å². The number of ether oxygens (including phenoxy) is 1. The SMILES string of the molecule is N#Cc1c[nH]c(C(=O)N2CCOCC2CC(=O)c2ccccc2)c1. The van der Waals surface area contributed by atoms with Gasteiger partial charge >= 0.3 is 0 Å². The summed E-state index contributed by atoms with van der Waals surface area (Å²) in [7, 11) is 0. The third kappa shape index (κ3) is 3.36. The van der Waals surface area contributed by atoms with Crippen LogP contribution in [-0.2, 0) is 4.74 Å². The number of rotatable bonds is 4. The van der Waals surface area contributed by atoms with Gasteiger partial charge < -0.3 is 14.6 Å². The fourth-order valence-electron chi connectivity index (χ4n) is 2.78. The highest BCUT2D eigenvalue weighted by molar-refractivity contribution is 5.97. The molecule has 0 saturated carbocycles. The molecule has 1 unspecified atom stereocenters. The van der Waals surface area contributed by atoms with Crippen LogP contribution in [0.4, 0.5) is 0 Å². The van der Waals surface area contributed by atoms with E-state index in [1.165, 1.54) is 12.3 Å². The molecule has 3 rings (SSSR count). The molecule has 1 aliphatic rings. The zero-order valence-corrected chi connectivity index (χ0v) is 13.1. The van der Waals surface area contributed by atoms with E-state index >= 15 is 0 Å². The first-order valence-corrected chi connectivity index (χ1v) is 7.74. The molecule has 6 nitrogen and oxygen atoms in total. The summed E-state index contributed by atoms with van der Waals surface area (Å²) in [6.45, 7) is 1.19. The molecule has 1 amide bonds. The molecule has 122 valence electrons. The van der Waals surface area contributed by atoms with Crippen molar-refractivity contribution in [2.24, 2.45) is 0 Å². The Morgan fingerprint density at radius 3 is 2.83 bits per heavy atom. The highest BCUT2D eigenvalue weighted by atomic mass is 16.5. The van der Waals surface area contributed by atoms with Crippen molar-refractivity contribution in [1.29, 1.82) is 5.26 Å². The Labute approximate surface area is 139 Å². The second-order valence-electron chi connectivity index (χ2n) is 5.63. The number of nitrogens with one attached hydrogen (secondary N) is 1. The molecule has 2 aromatic rings. The van der Waals surface area contributed by atoms with Gasteiger partial charge in [-0.3, -0.25) is 9.59 Å². The smallest absolute Gasteiger partial charge is 0.270 e. The Kier molecular flexibility index (Phi) is 4.73. The second-order valence-corrected chi connectivity index (χ2v) is 5.63. The molecule has 24 heavy (non-hydrogen) atoms. The molecule has 1 aromatic heterocycles. The average molecular weight is 323 g/mol. The molecule has 1 aromatic carbocycles. The van der Waals surface area contributed by atoms with Gasteiger partial charge in [0.1, 0.15) is 11.8 Å². The number of amides is 1. The molecule has 1 aliphatic heterocycles. The quantitative estimate of drug-likeness (QED) is 0.872. The number of aromatic nitrogens is 1. The van der Waals surface area contributed by atoms with E-state index in [0.717, 1.165) is 0 Å². The number of nitrogens with zero attached hydrogens (tertiary/aromatic N) is 2. The summed E-state index contributed by atoms with van der Waals surface area (Å²) in [6.07, 6.45) is 1.71. The maximum absolute atomic E-state index is 12.7. The third-order valence-corrected chi connectivity index (χ3v) is 4.05. The van der Waals surface area contributed by atoms with E-state index < -0.39 is 0 Å². The average Bonchev–Trinajstić information content (AvgIpc) is 3.11. The van der Waals surface area contributed by atoms with E-state index in [0.29, 0.717) is 36.6 Å². The van der Waals surface area contributed by atoms with Crippen molar-refractivity contribution in [2.45, 2.75) is 12.5 Å². The van der Waals surface area contributed by atoms with Gasteiger partial charge in [0, 0.05) is 24.7 Å². The summed E-state index contributed by atoms with van der Waals surface area (Å²) in [5.41, 5.74) is 1.39. The van der Waals surface area contributed by atoms with Crippen LogP contribution in [0.1, 0.15) is 32.8 Å². The molecule has 6 heteroatoms. The number of Topliss-reactive ketones (excluding diaryl/α,β-unsaturated/α-hetero) is 1. The molecule has 0 spiro atoms. The van der Waals surface area contributed by atoms with E-state index in [2.05, 4.69) is 4.98 Å². The Morgan fingerprint density at radius 1 is 1.33 bits per heavy atom. The van der Waals surface area contributed by atoms with E-state index in [9.17, 15) is 9.59 Å². The first-order chi connectivity index (χ1) is 11.7. The predicted octanol–water partition coefficient (Wildman–Crippen LogP) is 2.00. The van der Waals surface area contributed by atoms with Crippen LogP contribution in [0.25, 0.3) is 0 Å². The number of hydrogen-bond donors (Lipinski definition) is 1. The summed E-state index contributed by atoms with van der Waals surface area (Å²) in [6, 6.07) is 12.2. The summed E-state index contributed by atoms with van der Waals surface area (Å²) < 4.78 is 5.45. The molecule has 1 fully saturated rings. The number of carbonyl (C=O) groups is 2. The van der Waals surface area contributed by atoms with E-state index in [1.54, 1.807) is 17.0 Å². The predicted molar refractivity (Wildman–Crippen MR) is 86.5 cm³/mol. The minimum Gasteiger partial charge on any atom is -0.377 e. The Hall–Kier alpha value is -2.91. The van der Waals surface area contributed by atoms with Gasteiger partial charge in [0.05, 0.1) is 24.8 Å².